The number of aliphatic hydroxyl groups is 1. The lowest BCUT2D eigenvalue weighted by atomic mass is 9.98. The van der Waals surface area contributed by atoms with Crippen LogP contribution in [-0.4, -0.2) is 31.5 Å². The zero-order valence-electron chi connectivity index (χ0n) is 12.3. The second kappa shape index (κ2) is 8.25. The third-order valence-corrected chi connectivity index (χ3v) is 3.68. The summed E-state index contributed by atoms with van der Waals surface area (Å²) in [6.07, 6.45) is -0.629. The summed E-state index contributed by atoms with van der Waals surface area (Å²) in [4.78, 5) is 0. The lowest BCUT2D eigenvalue weighted by Crippen LogP contribution is -2.33. The maximum absolute atomic E-state index is 13.1. The van der Waals surface area contributed by atoms with Crippen LogP contribution in [0.2, 0.25) is 5.02 Å². The lowest BCUT2D eigenvalue weighted by molar-refractivity contribution is 0.0634. The molecule has 0 spiro atoms. The monoisotopic (exact) mass is 323 g/mol. The van der Waals surface area contributed by atoms with Crippen molar-refractivity contribution >= 4 is 11.6 Å². The summed E-state index contributed by atoms with van der Waals surface area (Å²) in [6, 6.07) is 13.5. The van der Waals surface area contributed by atoms with Gasteiger partial charge >= 0.3 is 0 Å². The standard InChI is InChI=1S/C17H19ClFNO2/c1-22-11-14(21)10-20-17(12-6-8-13(19)9-7-12)15-4-2-3-5-16(15)18/h2-9,14,17,20-21H,10-11H2,1H3. The highest BCUT2D eigenvalue weighted by Gasteiger charge is 2.17. The first-order chi connectivity index (χ1) is 10.6. The van der Waals surface area contributed by atoms with E-state index in [9.17, 15) is 9.50 Å². The maximum Gasteiger partial charge on any atom is 0.123 e. The van der Waals surface area contributed by atoms with Crippen molar-refractivity contribution in [2.45, 2.75) is 12.1 Å². The van der Waals surface area contributed by atoms with E-state index in [0.717, 1.165) is 11.1 Å². The van der Waals surface area contributed by atoms with Crippen LogP contribution in [0.15, 0.2) is 48.5 Å². The van der Waals surface area contributed by atoms with Gasteiger partial charge in [0.25, 0.3) is 0 Å². The van der Waals surface area contributed by atoms with Gasteiger partial charge in [-0.05, 0) is 29.3 Å². The van der Waals surface area contributed by atoms with Crippen LogP contribution in [0.3, 0.4) is 0 Å². The summed E-state index contributed by atoms with van der Waals surface area (Å²) in [7, 11) is 1.54. The SMILES string of the molecule is COCC(O)CNC(c1ccc(F)cc1)c1ccccc1Cl. The fourth-order valence-corrected chi connectivity index (χ4v) is 2.52. The Balaban J connectivity index is 2.24. The molecule has 0 bridgehead atoms. The molecule has 0 radical (unpaired) electrons. The van der Waals surface area contributed by atoms with E-state index in [0.29, 0.717) is 11.6 Å². The summed E-state index contributed by atoms with van der Waals surface area (Å²) in [5.41, 5.74) is 1.75. The highest BCUT2D eigenvalue weighted by molar-refractivity contribution is 6.31. The molecule has 0 fully saturated rings. The van der Waals surface area contributed by atoms with Gasteiger partial charge in [-0.1, -0.05) is 41.9 Å². The molecule has 5 heteroatoms. The molecule has 0 aliphatic rings. The number of benzene rings is 2. The van der Waals surface area contributed by atoms with Crippen molar-refractivity contribution in [2.24, 2.45) is 0 Å². The van der Waals surface area contributed by atoms with E-state index in [1.54, 1.807) is 18.2 Å². The summed E-state index contributed by atoms with van der Waals surface area (Å²) >= 11 is 6.28. The van der Waals surface area contributed by atoms with Gasteiger partial charge in [-0.2, -0.15) is 0 Å². The topological polar surface area (TPSA) is 41.5 Å². The summed E-state index contributed by atoms with van der Waals surface area (Å²) in [5, 5.41) is 13.7. The van der Waals surface area contributed by atoms with E-state index in [-0.39, 0.29) is 18.5 Å². The fourth-order valence-electron chi connectivity index (χ4n) is 2.28. The van der Waals surface area contributed by atoms with Crippen LogP contribution in [0.1, 0.15) is 17.2 Å². The van der Waals surface area contributed by atoms with Gasteiger partial charge in [-0.25, -0.2) is 4.39 Å². The second-order valence-corrected chi connectivity index (χ2v) is 5.43. The maximum atomic E-state index is 13.1. The molecular weight excluding hydrogens is 305 g/mol. The Morgan fingerprint density at radius 2 is 1.86 bits per heavy atom. The molecule has 2 aromatic rings. The molecule has 2 N–H and O–H groups in total. The van der Waals surface area contributed by atoms with Crippen molar-refractivity contribution in [3.8, 4) is 0 Å². The van der Waals surface area contributed by atoms with E-state index >= 15 is 0 Å². The molecule has 3 nitrogen and oxygen atoms in total. The minimum Gasteiger partial charge on any atom is -0.389 e. The fraction of sp³-hybridized carbons (Fsp3) is 0.294. The normalized spacial score (nSPS) is 13.8. The van der Waals surface area contributed by atoms with Gasteiger partial charge in [0, 0.05) is 18.7 Å². The van der Waals surface area contributed by atoms with Crippen molar-refractivity contribution in [1.29, 1.82) is 0 Å². The van der Waals surface area contributed by atoms with Gasteiger partial charge in [0.2, 0.25) is 0 Å². The molecule has 0 heterocycles. The van der Waals surface area contributed by atoms with Crippen molar-refractivity contribution in [3.05, 3.63) is 70.5 Å². The van der Waals surface area contributed by atoms with Gasteiger partial charge < -0.3 is 15.2 Å². The number of rotatable bonds is 7. The van der Waals surface area contributed by atoms with Crippen LogP contribution in [0, 0.1) is 5.82 Å². The number of methoxy groups -OCH3 is 1. The largest absolute Gasteiger partial charge is 0.389 e. The van der Waals surface area contributed by atoms with Gasteiger partial charge in [0.05, 0.1) is 18.8 Å². The zero-order valence-corrected chi connectivity index (χ0v) is 13.1. The lowest BCUT2D eigenvalue weighted by Gasteiger charge is -2.22. The predicted octanol–water partition coefficient (Wildman–Crippen LogP) is 3.17. The number of aliphatic hydroxyl groups excluding tert-OH is 1. The predicted molar refractivity (Wildman–Crippen MR) is 85.6 cm³/mol. The molecular formula is C17H19ClFNO2. The van der Waals surface area contributed by atoms with Gasteiger partial charge in [0.1, 0.15) is 5.82 Å². The van der Waals surface area contributed by atoms with Gasteiger partial charge in [-0.3, -0.25) is 0 Å². The average molecular weight is 324 g/mol. The first-order valence-electron chi connectivity index (χ1n) is 7.02. The van der Waals surface area contributed by atoms with Crippen LogP contribution in [0.4, 0.5) is 4.39 Å². The Bertz CT molecular complexity index is 591. The highest BCUT2D eigenvalue weighted by atomic mass is 35.5. The van der Waals surface area contributed by atoms with Crippen molar-refractivity contribution in [3.63, 3.8) is 0 Å². The molecule has 118 valence electrons. The zero-order chi connectivity index (χ0) is 15.9. The van der Waals surface area contributed by atoms with Crippen LogP contribution in [0.25, 0.3) is 0 Å². The van der Waals surface area contributed by atoms with Crippen molar-refractivity contribution in [2.75, 3.05) is 20.3 Å². The van der Waals surface area contributed by atoms with Crippen molar-refractivity contribution in [1.82, 2.24) is 5.32 Å². The number of hydrogen-bond donors (Lipinski definition) is 2. The van der Waals surface area contributed by atoms with E-state index in [1.807, 2.05) is 18.2 Å². The summed E-state index contributed by atoms with van der Waals surface area (Å²) in [5.74, 6) is -0.291. The molecule has 0 saturated heterocycles. The summed E-state index contributed by atoms with van der Waals surface area (Å²) < 4.78 is 18.1. The molecule has 0 aliphatic carbocycles. The van der Waals surface area contributed by atoms with E-state index in [2.05, 4.69) is 5.32 Å². The molecule has 2 rings (SSSR count). The highest BCUT2D eigenvalue weighted by Crippen LogP contribution is 2.28. The minimum absolute atomic E-state index is 0.235. The Morgan fingerprint density at radius 3 is 2.50 bits per heavy atom. The minimum atomic E-state index is -0.629. The van der Waals surface area contributed by atoms with Crippen molar-refractivity contribution < 1.29 is 14.2 Å². The average Bonchev–Trinajstić information content (AvgIpc) is 2.51. The molecule has 0 aliphatic heterocycles. The van der Waals surface area contributed by atoms with Crippen LogP contribution in [0.5, 0.6) is 0 Å². The Kier molecular flexibility index (Phi) is 6.34. The van der Waals surface area contributed by atoms with Crippen LogP contribution < -0.4 is 5.32 Å². The quantitative estimate of drug-likeness (QED) is 0.822. The van der Waals surface area contributed by atoms with Crippen LogP contribution >= 0.6 is 11.6 Å². The first-order valence-corrected chi connectivity index (χ1v) is 7.40. The van der Waals surface area contributed by atoms with E-state index in [1.165, 1.54) is 19.2 Å². The molecule has 0 aromatic heterocycles. The second-order valence-electron chi connectivity index (χ2n) is 5.02. The Morgan fingerprint density at radius 1 is 1.18 bits per heavy atom. The smallest absolute Gasteiger partial charge is 0.123 e. The van der Waals surface area contributed by atoms with Crippen LogP contribution in [-0.2, 0) is 4.74 Å². The third-order valence-electron chi connectivity index (χ3n) is 3.34. The van der Waals surface area contributed by atoms with E-state index < -0.39 is 6.10 Å². The van der Waals surface area contributed by atoms with Gasteiger partial charge in [-0.15, -0.1) is 0 Å². The molecule has 2 atom stereocenters. The van der Waals surface area contributed by atoms with E-state index in [4.69, 9.17) is 16.3 Å². The Labute approximate surface area is 134 Å². The number of nitrogens with one attached hydrogen (secondary N) is 1. The molecule has 0 saturated carbocycles. The Hall–Kier alpha value is -1.46. The summed E-state index contributed by atoms with van der Waals surface area (Å²) in [6.45, 7) is 0.576. The number of ether oxygens (including phenoxy) is 1. The number of halogens is 2. The van der Waals surface area contributed by atoms with Gasteiger partial charge in [0.15, 0.2) is 0 Å². The third kappa shape index (κ3) is 4.52. The molecule has 22 heavy (non-hydrogen) atoms. The number of hydrogen-bond acceptors (Lipinski definition) is 3. The molecule has 0 amide bonds. The molecule has 2 unspecified atom stereocenters. The first kappa shape index (κ1) is 16.9. The molecule has 2 aromatic carbocycles.